The van der Waals surface area contributed by atoms with Crippen LogP contribution in [0.4, 0.5) is 0 Å². The number of likely N-dealkylation sites (tertiary alicyclic amines) is 1. The summed E-state index contributed by atoms with van der Waals surface area (Å²) in [5, 5.41) is 8.51. The Labute approximate surface area is 103 Å². The molecule has 1 amide bonds. The molecule has 0 bridgehead atoms. The molecule has 4 heteroatoms. The van der Waals surface area contributed by atoms with Gasteiger partial charge in [-0.05, 0) is 31.6 Å². The van der Waals surface area contributed by atoms with E-state index in [2.05, 4.69) is 13.8 Å². The van der Waals surface area contributed by atoms with Crippen molar-refractivity contribution in [3.63, 3.8) is 0 Å². The molecule has 1 rings (SSSR count). The van der Waals surface area contributed by atoms with Gasteiger partial charge < -0.3 is 10.0 Å². The highest BCUT2D eigenvalue weighted by molar-refractivity contribution is 5.77. The number of carbonyl (C=O) groups is 2. The molecule has 4 nitrogen and oxygen atoms in total. The van der Waals surface area contributed by atoms with Gasteiger partial charge in [0.15, 0.2) is 0 Å². The van der Waals surface area contributed by atoms with Crippen molar-refractivity contribution in [2.45, 2.75) is 58.4 Å². The molecule has 0 aromatic heterocycles. The minimum atomic E-state index is -0.779. The number of unbranched alkanes of at least 4 members (excludes halogenated alkanes) is 1. The highest BCUT2D eigenvalue weighted by atomic mass is 16.4. The predicted octanol–water partition coefficient (Wildman–Crippen LogP) is 2.28. The van der Waals surface area contributed by atoms with Gasteiger partial charge in [-0.3, -0.25) is 9.59 Å². The fourth-order valence-corrected chi connectivity index (χ4v) is 2.54. The summed E-state index contributed by atoms with van der Waals surface area (Å²) in [7, 11) is 0. The van der Waals surface area contributed by atoms with Crippen molar-refractivity contribution in [2.24, 2.45) is 5.92 Å². The van der Waals surface area contributed by atoms with Crippen molar-refractivity contribution >= 4 is 11.9 Å². The lowest BCUT2D eigenvalue weighted by molar-refractivity contribution is -0.137. The van der Waals surface area contributed by atoms with Crippen LogP contribution in [0.3, 0.4) is 0 Å². The summed E-state index contributed by atoms with van der Waals surface area (Å²) in [6.45, 7) is 5.17. The lowest BCUT2D eigenvalue weighted by Crippen LogP contribution is -2.35. The van der Waals surface area contributed by atoms with Crippen LogP contribution < -0.4 is 0 Å². The molecule has 1 aliphatic heterocycles. The predicted molar refractivity (Wildman–Crippen MR) is 65.7 cm³/mol. The van der Waals surface area contributed by atoms with Gasteiger partial charge in [-0.2, -0.15) is 0 Å². The number of hydrogen-bond donors (Lipinski definition) is 1. The second kappa shape index (κ2) is 6.62. The minimum absolute atomic E-state index is 0.168. The standard InChI is InChI=1S/C13H23NO3/c1-3-11-8-10(2)9-14(11)12(15)6-4-5-7-13(16)17/h10-11H,3-9H2,1-2H3,(H,16,17). The molecule has 0 radical (unpaired) electrons. The second-order valence-corrected chi connectivity index (χ2v) is 5.05. The van der Waals surface area contributed by atoms with E-state index in [1.165, 1.54) is 0 Å². The number of amides is 1. The van der Waals surface area contributed by atoms with Gasteiger partial charge in [0.25, 0.3) is 0 Å². The summed E-state index contributed by atoms with van der Waals surface area (Å²) in [6, 6.07) is 0.400. The lowest BCUT2D eigenvalue weighted by Gasteiger charge is -2.23. The average molecular weight is 241 g/mol. The maximum absolute atomic E-state index is 12.0. The number of carboxylic acid groups (broad SMARTS) is 1. The Morgan fingerprint density at radius 3 is 2.53 bits per heavy atom. The van der Waals surface area contributed by atoms with E-state index in [0.717, 1.165) is 19.4 Å². The fourth-order valence-electron chi connectivity index (χ4n) is 2.54. The molecule has 1 saturated heterocycles. The number of aliphatic carboxylic acids is 1. The Hall–Kier alpha value is -1.06. The zero-order chi connectivity index (χ0) is 12.8. The van der Waals surface area contributed by atoms with E-state index in [9.17, 15) is 9.59 Å². The van der Waals surface area contributed by atoms with Crippen LogP contribution in [-0.2, 0) is 9.59 Å². The topological polar surface area (TPSA) is 57.6 Å². The minimum Gasteiger partial charge on any atom is -0.481 e. The van der Waals surface area contributed by atoms with Gasteiger partial charge in [-0.15, -0.1) is 0 Å². The van der Waals surface area contributed by atoms with Crippen molar-refractivity contribution in [3.05, 3.63) is 0 Å². The van der Waals surface area contributed by atoms with Gasteiger partial charge in [0, 0.05) is 25.4 Å². The highest BCUT2D eigenvalue weighted by Crippen LogP contribution is 2.25. The monoisotopic (exact) mass is 241 g/mol. The van der Waals surface area contributed by atoms with Crippen LogP contribution in [0, 0.1) is 5.92 Å². The molecule has 0 aliphatic carbocycles. The first-order valence-electron chi connectivity index (χ1n) is 6.55. The molecule has 1 N–H and O–H groups in total. The Balaban J connectivity index is 2.29. The Kier molecular flexibility index (Phi) is 5.45. The number of rotatable bonds is 6. The molecule has 17 heavy (non-hydrogen) atoms. The molecule has 0 spiro atoms. The number of carbonyl (C=O) groups excluding carboxylic acids is 1. The van der Waals surface area contributed by atoms with Crippen molar-refractivity contribution in [2.75, 3.05) is 6.54 Å². The molecule has 1 fully saturated rings. The van der Waals surface area contributed by atoms with Crippen LogP contribution in [0.5, 0.6) is 0 Å². The molecule has 1 heterocycles. The van der Waals surface area contributed by atoms with Gasteiger partial charge in [-0.25, -0.2) is 0 Å². The summed E-state index contributed by atoms with van der Waals surface area (Å²) >= 11 is 0. The summed E-state index contributed by atoms with van der Waals surface area (Å²) in [6.07, 6.45) is 4.08. The van der Waals surface area contributed by atoms with Crippen molar-refractivity contribution < 1.29 is 14.7 Å². The third-order valence-electron chi connectivity index (χ3n) is 3.45. The summed E-state index contributed by atoms with van der Waals surface area (Å²) in [5.74, 6) is 0.0215. The first kappa shape index (κ1) is 14.0. The quantitative estimate of drug-likeness (QED) is 0.726. The third kappa shape index (κ3) is 4.36. The maximum atomic E-state index is 12.0. The van der Waals surface area contributed by atoms with E-state index >= 15 is 0 Å². The van der Waals surface area contributed by atoms with Crippen LogP contribution in [-0.4, -0.2) is 34.5 Å². The SMILES string of the molecule is CCC1CC(C)CN1C(=O)CCCCC(=O)O. The summed E-state index contributed by atoms with van der Waals surface area (Å²) in [4.78, 5) is 24.3. The Morgan fingerprint density at radius 1 is 1.29 bits per heavy atom. The maximum Gasteiger partial charge on any atom is 0.303 e. The lowest BCUT2D eigenvalue weighted by atomic mass is 10.1. The Morgan fingerprint density at radius 2 is 1.94 bits per heavy atom. The van der Waals surface area contributed by atoms with E-state index in [1.54, 1.807) is 0 Å². The number of hydrogen-bond acceptors (Lipinski definition) is 2. The third-order valence-corrected chi connectivity index (χ3v) is 3.45. The van der Waals surface area contributed by atoms with Gasteiger partial charge in [0.1, 0.15) is 0 Å². The molecule has 0 saturated carbocycles. The van der Waals surface area contributed by atoms with Crippen LogP contribution in [0.2, 0.25) is 0 Å². The van der Waals surface area contributed by atoms with E-state index in [1.807, 2.05) is 4.90 Å². The molecule has 2 atom stereocenters. The van der Waals surface area contributed by atoms with Gasteiger partial charge in [0.2, 0.25) is 5.91 Å². The highest BCUT2D eigenvalue weighted by Gasteiger charge is 2.31. The zero-order valence-corrected chi connectivity index (χ0v) is 10.8. The molecule has 98 valence electrons. The number of carboxylic acids is 1. The van der Waals surface area contributed by atoms with Crippen molar-refractivity contribution in [1.29, 1.82) is 0 Å². The van der Waals surface area contributed by atoms with Crippen molar-refractivity contribution in [3.8, 4) is 0 Å². The van der Waals surface area contributed by atoms with Crippen LogP contribution >= 0.6 is 0 Å². The first-order chi connectivity index (χ1) is 8.04. The molecule has 0 aromatic rings. The van der Waals surface area contributed by atoms with Crippen LogP contribution in [0.25, 0.3) is 0 Å². The largest absolute Gasteiger partial charge is 0.481 e. The zero-order valence-electron chi connectivity index (χ0n) is 10.8. The first-order valence-corrected chi connectivity index (χ1v) is 6.55. The normalized spacial score (nSPS) is 24.0. The summed E-state index contributed by atoms with van der Waals surface area (Å²) in [5.41, 5.74) is 0. The second-order valence-electron chi connectivity index (χ2n) is 5.05. The fraction of sp³-hybridized carbons (Fsp3) is 0.846. The number of nitrogens with zero attached hydrogens (tertiary/aromatic N) is 1. The Bertz CT molecular complexity index is 278. The average Bonchev–Trinajstić information content (AvgIpc) is 2.65. The van der Waals surface area contributed by atoms with Gasteiger partial charge >= 0.3 is 5.97 Å². The van der Waals surface area contributed by atoms with E-state index in [0.29, 0.717) is 31.2 Å². The molecule has 0 aromatic carbocycles. The van der Waals surface area contributed by atoms with Crippen LogP contribution in [0.15, 0.2) is 0 Å². The summed E-state index contributed by atoms with van der Waals surface area (Å²) < 4.78 is 0. The van der Waals surface area contributed by atoms with Crippen LogP contribution in [0.1, 0.15) is 52.4 Å². The van der Waals surface area contributed by atoms with Gasteiger partial charge in [0.05, 0.1) is 0 Å². The van der Waals surface area contributed by atoms with Crippen molar-refractivity contribution in [1.82, 2.24) is 4.90 Å². The van der Waals surface area contributed by atoms with Gasteiger partial charge in [-0.1, -0.05) is 13.8 Å². The molecular weight excluding hydrogens is 218 g/mol. The smallest absolute Gasteiger partial charge is 0.303 e. The molecular formula is C13H23NO3. The molecule has 1 aliphatic rings. The van der Waals surface area contributed by atoms with E-state index in [4.69, 9.17) is 5.11 Å². The van der Waals surface area contributed by atoms with E-state index < -0.39 is 5.97 Å². The molecule has 2 unspecified atom stereocenters. The van der Waals surface area contributed by atoms with E-state index in [-0.39, 0.29) is 12.3 Å².